The maximum absolute atomic E-state index is 5.05. The molecule has 1 aromatic heterocycles. The Kier molecular flexibility index (Phi) is 5.67. The van der Waals surface area contributed by atoms with Gasteiger partial charge >= 0.3 is 0 Å². The second kappa shape index (κ2) is 7.71. The average molecular weight is 297 g/mol. The SMILES string of the molecule is CCN(C)C=Nc1cc2cccc(C=CCOC)c2nc1C. The van der Waals surface area contributed by atoms with Gasteiger partial charge in [0.1, 0.15) is 0 Å². The number of ether oxygens (including phenoxy) is 1. The number of aromatic nitrogens is 1. The number of pyridine rings is 1. The van der Waals surface area contributed by atoms with Crippen molar-refractivity contribution >= 4 is 29.0 Å². The van der Waals surface area contributed by atoms with Gasteiger partial charge in [0, 0.05) is 31.7 Å². The lowest BCUT2D eigenvalue weighted by atomic mass is 10.1. The fourth-order valence-electron chi connectivity index (χ4n) is 2.08. The number of methoxy groups -OCH3 is 1. The summed E-state index contributed by atoms with van der Waals surface area (Å²) in [6.45, 7) is 5.61. The van der Waals surface area contributed by atoms with E-state index in [0.717, 1.165) is 34.4 Å². The molecule has 0 bridgehead atoms. The minimum Gasteiger partial charge on any atom is -0.381 e. The smallest absolute Gasteiger partial charge is 0.0910 e. The van der Waals surface area contributed by atoms with Crippen LogP contribution in [0.3, 0.4) is 0 Å². The molecule has 0 saturated carbocycles. The lowest BCUT2D eigenvalue weighted by Crippen LogP contribution is -2.14. The van der Waals surface area contributed by atoms with Gasteiger partial charge in [-0.2, -0.15) is 0 Å². The normalized spacial score (nSPS) is 11.8. The summed E-state index contributed by atoms with van der Waals surface area (Å²) in [6, 6.07) is 8.26. The molecule has 0 fully saturated rings. The van der Waals surface area contributed by atoms with Crippen LogP contribution in [-0.2, 0) is 4.74 Å². The molecule has 0 radical (unpaired) electrons. The van der Waals surface area contributed by atoms with Gasteiger partial charge in [-0.3, -0.25) is 4.98 Å². The molecule has 2 rings (SSSR count). The molecule has 0 atom stereocenters. The molecule has 0 N–H and O–H groups in total. The molecule has 4 nitrogen and oxygen atoms in total. The summed E-state index contributed by atoms with van der Waals surface area (Å²) in [5.74, 6) is 0. The molecule has 2 aromatic rings. The number of aliphatic imine (C=N–C) groups is 1. The molecular formula is C18H23N3O. The Balaban J connectivity index is 2.41. The highest BCUT2D eigenvalue weighted by Crippen LogP contribution is 2.25. The van der Waals surface area contributed by atoms with Crippen LogP contribution < -0.4 is 0 Å². The number of para-hydroxylation sites is 1. The van der Waals surface area contributed by atoms with Crippen molar-refractivity contribution in [1.29, 1.82) is 0 Å². The molecule has 0 unspecified atom stereocenters. The number of benzene rings is 1. The third kappa shape index (κ3) is 3.92. The lowest BCUT2D eigenvalue weighted by Gasteiger charge is -2.10. The third-order valence-corrected chi connectivity index (χ3v) is 3.49. The maximum atomic E-state index is 5.05. The summed E-state index contributed by atoms with van der Waals surface area (Å²) in [7, 11) is 3.69. The first-order valence-corrected chi connectivity index (χ1v) is 7.46. The molecule has 0 aliphatic rings. The van der Waals surface area contributed by atoms with Gasteiger partial charge < -0.3 is 9.64 Å². The van der Waals surface area contributed by atoms with Crippen LogP contribution in [0.5, 0.6) is 0 Å². The number of hydrogen-bond donors (Lipinski definition) is 0. The number of fused-ring (bicyclic) bond motifs is 1. The van der Waals surface area contributed by atoms with E-state index in [1.165, 1.54) is 0 Å². The van der Waals surface area contributed by atoms with Gasteiger partial charge in [0.05, 0.1) is 29.8 Å². The molecule has 0 amide bonds. The van der Waals surface area contributed by atoms with Crippen LogP contribution in [0.25, 0.3) is 17.0 Å². The third-order valence-electron chi connectivity index (χ3n) is 3.49. The predicted octanol–water partition coefficient (Wildman–Crippen LogP) is 3.81. The minimum atomic E-state index is 0.598. The fraction of sp³-hybridized carbons (Fsp3) is 0.333. The monoisotopic (exact) mass is 297 g/mol. The first-order chi connectivity index (χ1) is 10.7. The number of aryl methyl sites for hydroxylation is 1. The largest absolute Gasteiger partial charge is 0.381 e. The van der Waals surface area contributed by atoms with Crippen molar-refractivity contribution in [3.63, 3.8) is 0 Å². The summed E-state index contributed by atoms with van der Waals surface area (Å²) >= 11 is 0. The van der Waals surface area contributed by atoms with Crippen LogP contribution in [0.1, 0.15) is 18.2 Å². The quantitative estimate of drug-likeness (QED) is 0.601. The van der Waals surface area contributed by atoms with E-state index in [4.69, 9.17) is 9.72 Å². The summed E-state index contributed by atoms with van der Waals surface area (Å²) < 4.78 is 5.05. The first-order valence-electron chi connectivity index (χ1n) is 7.46. The van der Waals surface area contributed by atoms with Crippen molar-refractivity contribution in [2.24, 2.45) is 4.99 Å². The molecule has 1 aromatic carbocycles. The van der Waals surface area contributed by atoms with E-state index < -0.39 is 0 Å². The van der Waals surface area contributed by atoms with E-state index in [-0.39, 0.29) is 0 Å². The Morgan fingerprint density at radius 2 is 2.18 bits per heavy atom. The van der Waals surface area contributed by atoms with Crippen molar-refractivity contribution in [3.05, 3.63) is 41.6 Å². The maximum Gasteiger partial charge on any atom is 0.0910 e. The van der Waals surface area contributed by atoms with Crippen LogP contribution in [0.4, 0.5) is 5.69 Å². The Hall–Kier alpha value is -2.20. The van der Waals surface area contributed by atoms with Crippen LogP contribution in [0, 0.1) is 6.92 Å². The zero-order chi connectivity index (χ0) is 15.9. The van der Waals surface area contributed by atoms with Gasteiger partial charge in [0.25, 0.3) is 0 Å². The first kappa shape index (κ1) is 16.2. The fourth-order valence-corrected chi connectivity index (χ4v) is 2.08. The van der Waals surface area contributed by atoms with Gasteiger partial charge in [-0.15, -0.1) is 0 Å². The summed E-state index contributed by atoms with van der Waals surface area (Å²) in [4.78, 5) is 11.3. The molecule has 1 heterocycles. The van der Waals surface area contributed by atoms with Gasteiger partial charge in [0.2, 0.25) is 0 Å². The lowest BCUT2D eigenvalue weighted by molar-refractivity contribution is 0.234. The second-order valence-corrected chi connectivity index (χ2v) is 5.19. The predicted molar refractivity (Wildman–Crippen MR) is 93.8 cm³/mol. The Labute approximate surface area is 132 Å². The summed E-state index contributed by atoms with van der Waals surface area (Å²) in [6.07, 6.45) is 5.89. The number of nitrogens with zero attached hydrogens (tertiary/aromatic N) is 3. The molecular weight excluding hydrogens is 274 g/mol. The van der Waals surface area contributed by atoms with E-state index in [1.807, 2.05) is 43.4 Å². The van der Waals surface area contributed by atoms with Gasteiger partial charge in [-0.25, -0.2) is 4.99 Å². The van der Waals surface area contributed by atoms with E-state index in [2.05, 4.69) is 30.1 Å². The van der Waals surface area contributed by atoms with Crippen molar-refractivity contribution in [2.75, 3.05) is 27.3 Å². The molecule has 0 aliphatic heterocycles. The molecule has 0 spiro atoms. The van der Waals surface area contributed by atoms with Crippen LogP contribution in [-0.4, -0.2) is 43.5 Å². The molecule has 4 heteroatoms. The number of rotatable bonds is 6. The van der Waals surface area contributed by atoms with E-state index in [0.29, 0.717) is 6.61 Å². The van der Waals surface area contributed by atoms with Crippen LogP contribution >= 0.6 is 0 Å². The van der Waals surface area contributed by atoms with E-state index >= 15 is 0 Å². The number of hydrogen-bond acceptors (Lipinski definition) is 3. The van der Waals surface area contributed by atoms with Crippen LogP contribution in [0.15, 0.2) is 35.3 Å². The zero-order valence-electron chi connectivity index (χ0n) is 13.7. The Morgan fingerprint density at radius 1 is 1.36 bits per heavy atom. The summed E-state index contributed by atoms with van der Waals surface area (Å²) in [5.41, 5.74) is 3.93. The Bertz CT molecular complexity index is 692. The topological polar surface area (TPSA) is 37.7 Å². The van der Waals surface area contributed by atoms with E-state index in [9.17, 15) is 0 Å². The average Bonchev–Trinajstić information content (AvgIpc) is 2.53. The highest BCUT2D eigenvalue weighted by molar-refractivity contribution is 5.89. The van der Waals surface area contributed by atoms with Crippen molar-refractivity contribution in [1.82, 2.24) is 9.88 Å². The second-order valence-electron chi connectivity index (χ2n) is 5.19. The van der Waals surface area contributed by atoms with Crippen molar-refractivity contribution in [3.8, 4) is 0 Å². The minimum absolute atomic E-state index is 0.598. The molecule has 116 valence electrons. The zero-order valence-corrected chi connectivity index (χ0v) is 13.7. The highest BCUT2D eigenvalue weighted by atomic mass is 16.5. The van der Waals surface area contributed by atoms with Gasteiger partial charge in [-0.1, -0.05) is 30.4 Å². The Morgan fingerprint density at radius 3 is 2.91 bits per heavy atom. The molecule has 0 saturated heterocycles. The van der Waals surface area contributed by atoms with Crippen LogP contribution in [0.2, 0.25) is 0 Å². The van der Waals surface area contributed by atoms with E-state index in [1.54, 1.807) is 7.11 Å². The van der Waals surface area contributed by atoms with Crippen molar-refractivity contribution in [2.45, 2.75) is 13.8 Å². The molecule has 0 aliphatic carbocycles. The molecule has 22 heavy (non-hydrogen) atoms. The standard InChI is InChI=1S/C18H23N3O/c1-5-21(3)13-19-17-12-16-9-6-8-15(10-7-11-22-4)18(16)20-14(17)2/h6-10,12-13H,5,11H2,1-4H3. The van der Waals surface area contributed by atoms with Crippen molar-refractivity contribution < 1.29 is 4.74 Å². The van der Waals surface area contributed by atoms with Gasteiger partial charge in [0.15, 0.2) is 0 Å². The van der Waals surface area contributed by atoms with Gasteiger partial charge in [-0.05, 0) is 19.9 Å². The summed E-state index contributed by atoms with van der Waals surface area (Å²) in [5, 5.41) is 1.09. The highest BCUT2D eigenvalue weighted by Gasteiger charge is 2.05.